The van der Waals surface area contributed by atoms with E-state index in [1.807, 2.05) is 12.1 Å². The van der Waals surface area contributed by atoms with E-state index in [1.165, 1.54) is 13.3 Å². The third-order valence-corrected chi connectivity index (χ3v) is 6.68. The van der Waals surface area contributed by atoms with Gasteiger partial charge in [-0.2, -0.15) is 5.10 Å². The number of allylic oxidation sites excluding steroid dienone is 1. The molecule has 0 unspecified atom stereocenters. The summed E-state index contributed by atoms with van der Waals surface area (Å²) < 4.78 is 23.7. The molecule has 0 fully saturated rings. The van der Waals surface area contributed by atoms with Crippen molar-refractivity contribution >= 4 is 62.6 Å². The van der Waals surface area contributed by atoms with Crippen molar-refractivity contribution in [2.75, 3.05) is 26.9 Å². The van der Waals surface area contributed by atoms with Crippen LogP contribution in [0.15, 0.2) is 63.8 Å². The van der Waals surface area contributed by atoms with Gasteiger partial charge in [-0.3, -0.25) is 4.79 Å². The minimum atomic E-state index is -0.769. The first-order chi connectivity index (χ1) is 19.2. The van der Waals surface area contributed by atoms with Crippen molar-refractivity contribution in [3.8, 4) is 17.2 Å². The number of carbonyl (C=O) groups is 3. The van der Waals surface area contributed by atoms with Crippen LogP contribution in [0, 0.1) is 3.57 Å². The molecule has 1 heterocycles. The summed E-state index contributed by atoms with van der Waals surface area (Å²) >= 11 is 5.59. The van der Waals surface area contributed by atoms with Crippen molar-refractivity contribution in [2.24, 2.45) is 5.10 Å². The van der Waals surface area contributed by atoms with Crippen LogP contribution in [0.4, 0.5) is 4.79 Å². The zero-order valence-corrected chi connectivity index (χ0v) is 25.8. The SMILES string of the molecule is C=CCOc1c(I)cc(Br)cc1/C=N/NC(=O)COc1ccc([C@@H]2NC(=O)NC(C)=C2C(=O)OCC)cc1OC. The number of hydrogen-bond donors (Lipinski definition) is 3. The van der Waals surface area contributed by atoms with Gasteiger partial charge >= 0.3 is 12.0 Å². The number of amides is 3. The highest BCUT2D eigenvalue weighted by molar-refractivity contribution is 14.1. The molecule has 2 aromatic rings. The lowest BCUT2D eigenvalue weighted by Gasteiger charge is -2.28. The monoisotopic (exact) mass is 726 g/mol. The number of nitrogens with zero attached hydrogens (tertiary/aromatic N) is 1. The van der Waals surface area contributed by atoms with E-state index in [2.05, 4.69) is 66.3 Å². The molecule has 3 amide bonds. The van der Waals surface area contributed by atoms with Crippen LogP contribution < -0.4 is 30.3 Å². The Morgan fingerprint density at radius 2 is 2.00 bits per heavy atom. The second-order valence-electron chi connectivity index (χ2n) is 8.19. The van der Waals surface area contributed by atoms with E-state index in [-0.39, 0.29) is 24.5 Å². The van der Waals surface area contributed by atoms with Crippen LogP contribution in [0.5, 0.6) is 17.2 Å². The maximum Gasteiger partial charge on any atom is 0.338 e. The lowest BCUT2D eigenvalue weighted by atomic mass is 9.95. The quantitative estimate of drug-likeness (QED) is 0.0974. The minimum Gasteiger partial charge on any atom is -0.493 e. The first-order valence-corrected chi connectivity index (χ1v) is 13.9. The Morgan fingerprint density at radius 3 is 2.70 bits per heavy atom. The molecule has 40 heavy (non-hydrogen) atoms. The molecular formula is C27H28BrIN4O7. The van der Waals surface area contributed by atoms with Crippen LogP contribution in [-0.4, -0.2) is 51.1 Å². The molecule has 212 valence electrons. The number of rotatable bonds is 12. The highest BCUT2D eigenvalue weighted by atomic mass is 127. The fraction of sp³-hybridized carbons (Fsp3) is 0.259. The van der Waals surface area contributed by atoms with Gasteiger partial charge in [0.1, 0.15) is 12.4 Å². The Morgan fingerprint density at radius 1 is 1.23 bits per heavy atom. The minimum absolute atomic E-state index is 0.185. The van der Waals surface area contributed by atoms with Crippen LogP contribution in [-0.2, 0) is 14.3 Å². The number of halogens is 2. The number of nitrogens with one attached hydrogen (secondary N) is 3. The number of hydrogen-bond acceptors (Lipinski definition) is 8. The maximum atomic E-state index is 12.6. The third kappa shape index (κ3) is 7.97. The third-order valence-electron chi connectivity index (χ3n) is 5.42. The van der Waals surface area contributed by atoms with E-state index in [0.29, 0.717) is 34.9 Å². The van der Waals surface area contributed by atoms with Gasteiger partial charge in [-0.1, -0.05) is 34.7 Å². The van der Waals surface area contributed by atoms with E-state index < -0.39 is 23.9 Å². The highest BCUT2D eigenvalue weighted by Gasteiger charge is 2.32. The Hall–Kier alpha value is -3.59. The fourth-order valence-corrected chi connectivity index (χ4v) is 5.43. The summed E-state index contributed by atoms with van der Waals surface area (Å²) in [6, 6.07) is 7.36. The molecule has 13 heteroatoms. The molecule has 3 N–H and O–H groups in total. The molecule has 1 atom stereocenters. The van der Waals surface area contributed by atoms with E-state index in [9.17, 15) is 14.4 Å². The van der Waals surface area contributed by atoms with Gasteiger partial charge in [0.15, 0.2) is 18.1 Å². The van der Waals surface area contributed by atoms with E-state index in [0.717, 1.165) is 8.04 Å². The Labute approximate surface area is 253 Å². The topological polar surface area (TPSA) is 137 Å². The molecule has 0 aromatic heterocycles. The van der Waals surface area contributed by atoms with Gasteiger partial charge in [-0.15, -0.1) is 0 Å². The second kappa shape index (κ2) is 14.7. The van der Waals surface area contributed by atoms with Gasteiger partial charge in [0.2, 0.25) is 0 Å². The molecule has 0 bridgehead atoms. The Bertz CT molecular complexity index is 1360. The van der Waals surface area contributed by atoms with Gasteiger partial charge < -0.3 is 29.6 Å². The van der Waals surface area contributed by atoms with Gasteiger partial charge in [-0.05, 0) is 66.3 Å². The number of benzene rings is 2. The summed E-state index contributed by atoms with van der Waals surface area (Å²) in [4.78, 5) is 37.1. The van der Waals surface area contributed by atoms with Crippen LogP contribution in [0.2, 0.25) is 0 Å². The van der Waals surface area contributed by atoms with Crippen molar-refractivity contribution in [1.82, 2.24) is 16.1 Å². The van der Waals surface area contributed by atoms with Gasteiger partial charge in [0.25, 0.3) is 5.91 Å². The first kappa shape index (κ1) is 30.9. The van der Waals surface area contributed by atoms with Crippen molar-refractivity contribution in [1.29, 1.82) is 0 Å². The zero-order chi connectivity index (χ0) is 29.2. The van der Waals surface area contributed by atoms with Crippen molar-refractivity contribution in [2.45, 2.75) is 19.9 Å². The standard InChI is InChI=1S/C27H28BrIN4O7/c1-5-9-39-25-17(10-18(28)12-19(25)29)13-30-33-22(34)14-40-20-8-7-16(11-21(20)37-4)24-23(26(35)38-6-2)15(3)31-27(36)32-24/h5,7-8,10-13,24H,1,6,9,14H2,2-4H3,(H,33,34)(H2,31,32,36)/b30-13+/t24-/m0/s1. The molecule has 0 radical (unpaired) electrons. The van der Waals surface area contributed by atoms with Gasteiger partial charge in [0, 0.05) is 15.7 Å². The summed E-state index contributed by atoms with van der Waals surface area (Å²) in [5.74, 6) is 0.144. The predicted octanol–water partition coefficient (Wildman–Crippen LogP) is 4.35. The molecule has 11 nitrogen and oxygen atoms in total. The predicted molar refractivity (Wildman–Crippen MR) is 161 cm³/mol. The summed E-state index contributed by atoms with van der Waals surface area (Å²) in [7, 11) is 1.44. The summed E-state index contributed by atoms with van der Waals surface area (Å²) in [6.45, 7) is 7.14. The van der Waals surface area contributed by atoms with Gasteiger partial charge in [-0.25, -0.2) is 15.0 Å². The fourth-order valence-electron chi connectivity index (χ4n) is 3.73. The summed E-state index contributed by atoms with van der Waals surface area (Å²) in [5.41, 5.74) is 4.31. The Balaban J connectivity index is 1.70. The first-order valence-electron chi connectivity index (χ1n) is 12.0. The van der Waals surface area contributed by atoms with Crippen LogP contribution in [0.1, 0.15) is 31.0 Å². The summed E-state index contributed by atoms with van der Waals surface area (Å²) in [5, 5.41) is 9.33. The van der Waals surface area contributed by atoms with E-state index in [1.54, 1.807) is 38.1 Å². The molecule has 0 spiro atoms. The van der Waals surface area contributed by atoms with E-state index in [4.69, 9.17) is 18.9 Å². The number of hydrazone groups is 1. The van der Waals surface area contributed by atoms with Crippen molar-refractivity contribution < 1.29 is 33.3 Å². The molecule has 3 rings (SSSR count). The number of methoxy groups -OCH3 is 1. The van der Waals surface area contributed by atoms with Crippen molar-refractivity contribution in [3.63, 3.8) is 0 Å². The highest BCUT2D eigenvalue weighted by Crippen LogP contribution is 2.34. The maximum absolute atomic E-state index is 12.6. The normalized spacial score (nSPS) is 14.7. The zero-order valence-electron chi connectivity index (χ0n) is 22.0. The smallest absolute Gasteiger partial charge is 0.338 e. The van der Waals surface area contributed by atoms with Gasteiger partial charge in [0.05, 0.1) is 35.1 Å². The number of ether oxygens (including phenoxy) is 4. The van der Waals surface area contributed by atoms with E-state index >= 15 is 0 Å². The lowest BCUT2D eigenvalue weighted by molar-refractivity contribution is -0.139. The molecule has 0 saturated heterocycles. The van der Waals surface area contributed by atoms with Crippen LogP contribution in [0.3, 0.4) is 0 Å². The second-order valence-corrected chi connectivity index (χ2v) is 10.3. The van der Waals surface area contributed by atoms with Crippen molar-refractivity contribution in [3.05, 3.63) is 73.4 Å². The molecule has 2 aromatic carbocycles. The van der Waals surface area contributed by atoms with Crippen LogP contribution >= 0.6 is 38.5 Å². The molecule has 1 aliphatic heterocycles. The lowest BCUT2D eigenvalue weighted by Crippen LogP contribution is -2.45. The summed E-state index contributed by atoms with van der Waals surface area (Å²) in [6.07, 6.45) is 3.11. The number of urea groups is 1. The molecular weight excluding hydrogens is 699 g/mol. The molecule has 1 aliphatic rings. The number of carbonyl (C=O) groups excluding carboxylic acids is 3. The molecule has 0 saturated carbocycles. The number of esters is 1. The van der Waals surface area contributed by atoms with Crippen LogP contribution in [0.25, 0.3) is 0 Å². The Kier molecular flexibility index (Phi) is 11.4. The molecule has 0 aliphatic carbocycles. The average Bonchev–Trinajstić information content (AvgIpc) is 2.91. The largest absolute Gasteiger partial charge is 0.493 e. The average molecular weight is 727 g/mol.